The normalized spacial score (nSPS) is 20.2. The molecule has 1 amide bonds. The van der Waals surface area contributed by atoms with Crippen LogP contribution in [0.25, 0.3) is 0 Å². The van der Waals surface area contributed by atoms with Crippen LogP contribution in [0.5, 0.6) is 11.5 Å². The minimum Gasteiger partial charge on any atom is -0.504 e. The Bertz CT molecular complexity index is 1050. The van der Waals surface area contributed by atoms with Gasteiger partial charge in [0.25, 0.3) is 0 Å². The highest BCUT2D eigenvalue weighted by atomic mass is 35.5. The van der Waals surface area contributed by atoms with Crippen molar-refractivity contribution in [3.63, 3.8) is 0 Å². The maximum Gasteiger partial charge on any atom is 0.232 e. The molecule has 0 spiro atoms. The molecule has 0 bridgehead atoms. The number of hydrogen-bond acceptors (Lipinski definition) is 6. The van der Waals surface area contributed by atoms with Crippen LogP contribution in [0, 0.1) is 5.92 Å². The summed E-state index contributed by atoms with van der Waals surface area (Å²) in [5.41, 5.74) is 1.44. The third kappa shape index (κ3) is 3.78. The quantitative estimate of drug-likeness (QED) is 0.574. The van der Waals surface area contributed by atoms with E-state index in [1.54, 1.807) is 47.1 Å². The standard InChI is InChI=1S/C21H22ClN5O3/c1-3-30-17-10-13(4-9-16(17)28)19-18(12(2)25-21-23-11-24-27(19)21)20(29)26-15-7-5-14(22)6-8-15/h4-12,18-19,28H,3H2,1-2H3,(H,26,29)(H,23,24,25)/t12-,18+,19-/m1/s1. The van der Waals surface area contributed by atoms with Crippen LogP contribution in [0.4, 0.5) is 11.6 Å². The topological polar surface area (TPSA) is 101 Å². The summed E-state index contributed by atoms with van der Waals surface area (Å²) in [7, 11) is 0. The van der Waals surface area contributed by atoms with Crippen molar-refractivity contribution in [1.82, 2.24) is 14.8 Å². The number of amides is 1. The summed E-state index contributed by atoms with van der Waals surface area (Å²) in [4.78, 5) is 17.6. The summed E-state index contributed by atoms with van der Waals surface area (Å²) in [5.74, 6) is 0.306. The third-order valence-electron chi connectivity index (χ3n) is 5.11. The number of nitrogens with one attached hydrogen (secondary N) is 2. The molecule has 0 radical (unpaired) electrons. The number of carbonyl (C=O) groups excluding carboxylic acids is 1. The van der Waals surface area contributed by atoms with Gasteiger partial charge in [0.1, 0.15) is 6.33 Å². The number of nitrogens with zero attached hydrogens (tertiary/aromatic N) is 3. The number of phenols is 1. The van der Waals surface area contributed by atoms with E-state index in [0.717, 1.165) is 5.56 Å². The van der Waals surface area contributed by atoms with Gasteiger partial charge in [0.15, 0.2) is 11.5 Å². The van der Waals surface area contributed by atoms with Crippen molar-refractivity contribution < 1.29 is 14.6 Å². The van der Waals surface area contributed by atoms with E-state index < -0.39 is 12.0 Å². The molecule has 3 N–H and O–H groups in total. The highest BCUT2D eigenvalue weighted by Crippen LogP contribution is 2.39. The molecule has 156 valence electrons. The highest BCUT2D eigenvalue weighted by molar-refractivity contribution is 6.30. The third-order valence-corrected chi connectivity index (χ3v) is 5.36. The van der Waals surface area contributed by atoms with Gasteiger partial charge in [0, 0.05) is 16.8 Å². The zero-order chi connectivity index (χ0) is 21.3. The Morgan fingerprint density at radius 1 is 1.30 bits per heavy atom. The molecule has 8 nitrogen and oxygen atoms in total. The van der Waals surface area contributed by atoms with Gasteiger partial charge in [0.05, 0.1) is 18.6 Å². The van der Waals surface area contributed by atoms with Crippen molar-refractivity contribution in [1.29, 1.82) is 0 Å². The van der Waals surface area contributed by atoms with Crippen molar-refractivity contribution in [3.8, 4) is 11.5 Å². The fourth-order valence-corrected chi connectivity index (χ4v) is 3.87. The zero-order valence-corrected chi connectivity index (χ0v) is 17.3. The lowest BCUT2D eigenvalue weighted by atomic mass is 9.85. The summed E-state index contributed by atoms with van der Waals surface area (Å²) in [6, 6.07) is 11.4. The number of anilines is 2. The molecule has 3 aromatic rings. The summed E-state index contributed by atoms with van der Waals surface area (Å²) in [6.45, 7) is 4.19. The van der Waals surface area contributed by atoms with Gasteiger partial charge in [-0.15, -0.1) is 0 Å². The van der Waals surface area contributed by atoms with Gasteiger partial charge < -0.3 is 20.5 Å². The van der Waals surface area contributed by atoms with Gasteiger partial charge in [0.2, 0.25) is 11.9 Å². The first kappa shape index (κ1) is 20.0. The van der Waals surface area contributed by atoms with E-state index in [1.807, 2.05) is 13.8 Å². The molecule has 3 atom stereocenters. The number of hydrogen-bond donors (Lipinski definition) is 3. The average Bonchev–Trinajstić information content (AvgIpc) is 3.18. The molecule has 4 rings (SSSR count). The number of carbonyl (C=O) groups is 1. The van der Waals surface area contributed by atoms with Crippen molar-refractivity contribution in [3.05, 3.63) is 59.4 Å². The van der Waals surface area contributed by atoms with E-state index in [2.05, 4.69) is 20.7 Å². The number of halogens is 1. The van der Waals surface area contributed by atoms with Crippen LogP contribution >= 0.6 is 11.6 Å². The molecule has 0 saturated carbocycles. The van der Waals surface area contributed by atoms with Gasteiger partial charge in [-0.25, -0.2) is 4.68 Å². The predicted octanol–water partition coefficient (Wildman–Crippen LogP) is 3.69. The second kappa shape index (κ2) is 8.23. The average molecular weight is 428 g/mol. The van der Waals surface area contributed by atoms with Gasteiger partial charge in [-0.2, -0.15) is 10.1 Å². The highest BCUT2D eigenvalue weighted by Gasteiger charge is 2.41. The van der Waals surface area contributed by atoms with Crippen LogP contribution in [0.2, 0.25) is 5.02 Å². The Morgan fingerprint density at radius 2 is 2.07 bits per heavy atom. The van der Waals surface area contributed by atoms with Crippen LogP contribution in [-0.4, -0.2) is 38.4 Å². The number of ether oxygens (including phenoxy) is 1. The second-order valence-electron chi connectivity index (χ2n) is 7.09. The molecule has 1 aliphatic heterocycles. The molecule has 1 aliphatic rings. The summed E-state index contributed by atoms with van der Waals surface area (Å²) < 4.78 is 7.23. The lowest BCUT2D eigenvalue weighted by Crippen LogP contribution is -2.46. The first-order valence-corrected chi connectivity index (χ1v) is 10.0. The fourth-order valence-electron chi connectivity index (χ4n) is 3.74. The maximum atomic E-state index is 13.3. The van der Waals surface area contributed by atoms with Crippen molar-refractivity contribution in [2.75, 3.05) is 17.2 Å². The second-order valence-corrected chi connectivity index (χ2v) is 7.52. The Balaban J connectivity index is 1.73. The summed E-state index contributed by atoms with van der Waals surface area (Å²) in [6.07, 6.45) is 1.45. The Morgan fingerprint density at radius 3 is 2.80 bits per heavy atom. The molecular formula is C21H22ClN5O3. The number of phenolic OH excluding ortho intramolecular Hbond substituents is 1. The number of rotatable bonds is 5. The van der Waals surface area contributed by atoms with E-state index in [4.69, 9.17) is 16.3 Å². The molecule has 0 unspecified atom stereocenters. The number of aromatic nitrogens is 3. The van der Waals surface area contributed by atoms with E-state index >= 15 is 0 Å². The van der Waals surface area contributed by atoms with Crippen molar-refractivity contribution >= 4 is 29.1 Å². The summed E-state index contributed by atoms with van der Waals surface area (Å²) in [5, 5.41) is 21.2. The monoisotopic (exact) mass is 427 g/mol. The van der Waals surface area contributed by atoms with E-state index in [1.165, 1.54) is 6.33 Å². The zero-order valence-electron chi connectivity index (χ0n) is 16.5. The molecule has 9 heteroatoms. The molecule has 2 aromatic carbocycles. The lowest BCUT2D eigenvalue weighted by Gasteiger charge is -2.37. The smallest absolute Gasteiger partial charge is 0.232 e. The van der Waals surface area contributed by atoms with Crippen LogP contribution in [0.1, 0.15) is 25.5 Å². The largest absolute Gasteiger partial charge is 0.504 e. The van der Waals surface area contributed by atoms with Crippen LogP contribution in [-0.2, 0) is 4.79 Å². The summed E-state index contributed by atoms with van der Waals surface area (Å²) >= 11 is 5.95. The van der Waals surface area contributed by atoms with Crippen molar-refractivity contribution in [2.24, 2.45) is 5.92 Å². The molecule has 1 aromatic heterocycles. The molecule has 2 heterocycles. The molecule has 0 fully saturated rings. The number of benzene rings is 2. The lowest BCUT2D eigenvalue weighted by molar-refractivity contribution is -0.121. The SMILES string of the molecule is CCOc1cc([C@@H]2[C@@H](C(=O)Nc3ccc(Cl)cc3)[C@@H](C)Nc3ncnn32)ccc1O. The molecule has 30 heavy (non-hydrogen) atoms. The Kier molecular flexibility index (Phi) is 5.50. The van der Waals surface area contributed by atoms with Gasteiger partial charge in [-0.05, 0) is 55.8 Å². The van der Waals surface area contributed by atoms with Crippen LogP contribution in [0.3, 0.4) is 0 Å². The Labute approximate surface area is 178 Å². The first-order chi connectivity index (χ1) is 14.5. The van der Waals surface area contributed by atoms with Crippen LogP contribution in [0.15, 0.2) is 48.8 Å². The molecule has 0 saturated heterocycles. The van der Waals surface area contributed by atoms with Gasteiger partial charge in [-0.1, -0.05) is 17.7 Å². The predicted molar refractivity (Wildman–Crippen MR) is 114 cm³/mol. The Hall–Kier alpha value is -3.26. The molecular weight excluding hydrogens is 406 g/mol. The van der Waals surface area contributed by atoms with Gasteiger partial charge in [-0.3, -0.25) is 4.79 Å². The van der Waals surface area contributed by atoms with E-state index in [-0.39, 0.29) is 17.7 Å². The fraction of sp³-hybridized carbons (Fsp3) is 0.286. The first-order valence-electron chi connectivity index (χ1n) is 9.66. The maximum absolute atomic E-state index is 13.3. The van der Waals surface area contributed by atoms with Gasteiger partial charge >= 0.3 is 0 Å². The molecule has 0 aliphatic carbocycles. The number of aromatic hydroxyl groups is 1. The number of fused-ring (bicyclic) bond motifs is 1. The minimum absolute atomic E-state index is 0.0450. The minimum atomic E-state index is -0.506. The van der Waals surface area contributed by atoms with E-state index in [0.29, 0.717) is 29.0 Å². The van der Waals surface area contributed by atoms with E-state index in [9.17, 15) is 9.90 Å². The van der Waals surface area contributed by atoms with Crippen LogP contribution < -0.4 is 15.4 Å². The van der Waals surface area contributed by atoms with Crippen molar-refractivity contribution in [2.45, 2.75) is 25.9 Å².